The third kappa shape index (κ3) is 7.16. The van der Waals surface area contributed by atoms with Gasteiger partial charge in [-0.25, -0.2) is 4.98 Å². The molecule has 1 aromatic heterocycles. The van der Waals surface area contributed by atoms with Crippen molar-refractivity contribution < 1.29 is 29.1 Å². The third-order valence-corrected chi connectivity index (χ3v) is 5.16. The Hall–Kier alpha value is -3.18. The second kappa shape index (κ2) is 11.6. The van der Waals surface area contributed by atoms with Gasteiger partial charge in [-0.15, -0.1) is 0 Å². The van der Waals surface area contributed by atoms with Crippen molar-refractivity contribution >= 4 is 18.9 Å². The smallest absolute Gasteiger partial charge is 0.475 e. The van der Waals surface area contributed by atoms with Crippen molar-refractivity contribution in [2.75, 3.05) is 13.2 Å². The molecule has 3 rings (SSSR count). The molecule has 0 aliphatic carbocycles. The van der Waals surface area contributed by atoms with Gasteiger partial charge in [-0.1, -0.05) is 19.9 Å². The summed E-state index contributed by atoms with van der Waals surface area (Å²) in [7, 11) is -1.72. The van der Waals surface area contributed by atoms with Crippen molar-refractivity contribution in [1.82, 2.24) is 20.6 Å². The summed E-state index contributed by atoms with van der Waals surface area (Å²) in [5.41, 5.74) is 0.988. The number of rotatable bonds is 10. The summed E-state index contributed by atoms with van der Waals surface area (Å²) < 4.78 is 11.1. The van der Waals surface area contributed by atoms with Crippen LogP contribution in [0.4, 0.5) is 0 Å². The zero-order valence-electron chi connectivity index (χ0n) is 18.7. The predicted octanol–water partition coefficient (Wildman–Crippen LogP) is 0.522. The molecule has 0 bridgehead atoms. The lowest BCUT2D eigenvalue weighted by molar-refractivity contribution is -0.123. The molecular formula is C22H29BN4O6. The molecule has 176 valence electrons. The minimum absolute atomic E-state index is 0.0792. The molecule has 33 heavy (non-hydrogen) atoms. The molecule has 0 saturated carbocycles. The van der Waals surface area contributed by atoms with E-state index in [1.165, 1.54) is 18.6 Å². The van der Waals surface area contributed by atoms with Crippen molar-refractivity contribution in [3.63, 3.8) is 0 Å². The molecule has 10 nitrogen and oxygen atoms in total. The number of benzene rings is 1. The van der Waals surface area contributed by atoms with Crippen molar-refractivity contribution in [1.29, 1.82) is 0 Å². The van der Waals surface area contributed by atoms with Gasteiger partial charge in [-0.3, -0.25) is 14.6 Å². The molecule has 11 heteroatoms. The number of ether oxygens (including phenoxy) is 2. The number of aromatic nitrogens is 2. The maximum absolute atomic E-state index is 13.0. The fraction of sp³-hybridized carbons (Fsp3) is 0.455. The number of carbonyl (C=O) groups excluding carboxylic acids is 2. The third-order valence-electron chi connectivity index (χ3n) is 5.16. The van der Waals surface area contributed by atoms with Gasteiger partial charge in [0.1, 0.15) is 24.9 Å². The fourth-order valence-corrected chi connectivity index (χ4v) is 3.52. The van der Waals surface area contributed by atoms with Crippen LogP contribution in [0, 0.1) is 5.92 Å². The highest BCUT2D eigenvalue weighted by Crippen LogP contribution is 2.31. The van der Waals surface area contributed by atoms with Gasteiger partial charge in [-0.2, -0.15) is 0 Å². The van der Waals surface area contributed by atoms with Crippen molar-refractivity contribution in [3.8, 4) is 11.5 Å². The molecule has 2 amide bonds. The lowest BCUT2D eigenvalue weighted by Crippen LogP contribution is -2.54. The minimum Gasteiger partial charge on any atom is -0.486 e. The van der Waals surface area contributed by atoms with E-state index in [4.69, 9.17) is 9.47 Å². The quantitative estimate of drug-likeness (QED) is 0.379. The van der Waals surface area contributed by atoms with Crippen LogP contribution in [0.2, 0.25) is 0 Å². The molecule has 1 aromatic carbocycles. The van der Waals surface area contributed by atoms with Crippen LogP contribution in [0.5, 0.6) is 11.5 Å². The summed E-state index contributed by atoms with van der Waals surface area (Å²) in [4.78, 5) is 33.5. The highest BCUT2D eigenvalue weighted by atomic mass is 16.6. The number of hydrogen-bond donors (Lipinski definition) is 4. The summed E-state index contributed by atoms with van der Waals surface area (Å²) in [6.45, 7) is 4.79. The van der Waals surface area contributed by atoms with Crippen LogP contribution < -0.4 is 20.1 Å². The van der Waals surface area contributed by atoms with E-state index in [1.54, 1.807) is 0 Å². The maximum atomic E-state index is 13.0. The van der Waals surface area contributed by atoms with Gasteiger partial charge in [0.15, 0.2) is 11.5 Å². The Kier molecular flexibility index (Phi) is 8.62. The first-order valence-corrected chi connectivity index (χ1v) is 11.0. The molecule has 0 spiro atoms. The van der Waals surface area contributed by atoms with Gasteiger partial charge in [-0.05, 0) is 42.9 Å². The van der Waals surface area contributed by atoms with Crippen LogP contribution in [-0.4, -0.2) is 64.1 Å². The Bertz CT molecular complexity index is 944. The van der Waals surface area contributed by atoms with Crippen LogP contribution >= 0.6 is 0 Å². The van der Waals surface area contributed by atoms with Crippen molar-refractivity contribution in [2.24, 2.45) is 5.92 Å². The van der Waals surface area contributed by atoms with E-state index in [2.05, 4.69) is 20.6 Å². The molecule has 1 aliphatic heterocycles. The lowest BCUT2D eigenvalue weighted by atomic mass is 9.75. The SMILES string of the molecule is CC(C)C[C@H](NC(=O)[C@H](CCc1ccc2c(c1)OCCO2)NC(=O)c1cnccn1)B(O)O. The Morgan fingerprint density at radius 2 is 1.88 bits per heavy atom. The molecule has 0 radical (unpaired) electrons. The van der Waals surface area contributed by atoms with Gasteiger partial charge in [0, 0.05) is 12.4 Å². The molecule has 2 atom stereocenters. The van der Waals surface area contributed by atoms with Gasteiger partial charge in [0.25, 0.3) is 5.91 Å². The molecule has 2 heterocycles. The fourth-order valence-electron chi connectivity index (χ4n) is 3.52. The Morgan fingerprint density at radius 3 is 2.55 bits per heavy atom. The Labute approximate surface area is 192 Å². The van der Waals surface area contributed by atoms with Gasteiger partial charge >= 0.3 is 7.12 Å². The lowest BCUT2D eigenvalue weighted by Gasteiger charge is -2.24. The first-order valence-electron chi connectivity index (χ1n) is 11.0. The number of nitrogens with one attached hydrogen (secondary N) is 2. The summed E-state index contributed by atoms with van der Waals surface area (Å²) >= 11 is 0. The summed E-state index contributed by atoms with van der Waals surface area (Å²) in [5.74, 6) is -0.475. The van der Waals surface area contributed by atoms with Crippen LogP contribution in [0.1, 0.15) is 42.7 Å². The number of nitrogens with zero attached hydrogens (tertiary/aromatic N) is 2. The van der Waals surface area contributed by atoms with Crippen LogP contribution in [0.3, 0.4) is 0 Å². The average molecular weight is 456 g/mol. The highest BCUT2D eigenvalue weighted by molar-refractivity contribution is 6.43. The zero-order chi connectivity index (χ0) is 23.8. The van der Waals surface area contributed by atoms with Crippen molar-refractivity contribution in [3.05, 3.63) is 48.0 Å². The average Bonchev–Trinajstić information content (AvgIpc) is 2.81. The summed E-state index contributed by atoms with van der Waals surface area (Å²) in [5, 5.41) is 24.7. The molecule has 2 aromatic rings. The van der Waals surface area contributed by atoms with E-state index in [-0.39, 0.29) is 18.0 Å². The van der Waals surface area contributed by atoms with E-state index in [0.717, 1.165) is 5.56 Å². The largest absolute Gasteiger partial charge is 0.486 e. The zero-order valence-corrected chi connectivity index (χ0v) is 18.7. The van der Waals surface area contributed by atoms with E-state index in [0.29, 0.717) is 37.6 Å². The standard InChI is InChI=1S/C22H29BN4O6/c1-14(2)11-20(23(30)31)27-21(28)16(26-22(29)17-13-24-7-8-25-17)5-3-15-4-6-18-19(12-15)33-10-9-32-18/h4,6-8,12-14,16,20,30-31H,3,5,9-11H2,1-2H3,(H,26,29)(H,27,28)/t16-,20-/m0/s1. The molecule has 0 saturated heterocycles. The maximum Gasteiger partial charge on any atom is 0.475 e. The first-order chi connectivity index (χ1) is 15.8. The van der Waals surface area contributed by atoms with Crippen molar-refractivity contribution in [2.45, 2.75) is 45.1 Å². The topological polar surface area (TPSA) is 143 Å². The molecule has 0 fully saturated rings. The number of carbonyl (C=O) groups is 2. The Balaban J connectivity index is 1.72. The Morgan fingerprint density at radius 1 is 1.12 bits per heavy atom. The highest BCUT2D eigenvalue weighted by Gasteiger charge is 2.30. The molecule has 0 unspecified atom stereocenters. The minimum atomic E-state index is -1.72. The van der Waals surface area contributed by atoms with Gasteiger partial charge in [0.05, 0.1) is 12.1 Å². The number of fused-ring (bicyclic) bond motifs is 1. The normalized spacial score (nSPS) is 14.3. The molecular weight excluding hydrogens is 427 g/mol. The number of amides is 2. The van der Waals surface area contributed by atoms with Gasteiger partial charge < -0.3 is 30.2 Å². The van der Waals surface area contributed by atoms with Crippen LogP contribution in [0.15, 0.2) is 36.8 Å². The van der Waals surface area contributed by atoms with E-state index < -0.39 is 30.9 Å². The molecule has 1 aliphatic rings. The second-order valence-corrected chi connectivity index (χ2v) is 8.29. The predicted molar refractivity (Wildman–Crippen MR) is 121 cm³/mol. The van der Waals surface area contributed by atoms with Crippen LogP contribution in [0.25, 0.3) is 0 Å². The summed E-state index contributed by atoms with van der Waals surface area (Å²) in [6.07, 6.45) is 5.25. The van der Waals surface area contributed by atoms with E-state index >= 15 is 0 Å². The number of hydrogen-bond acceptors (Lipinski definition) is 8. The molecule has 4 N–H and O–H groups in total. The summed E-state index contributed by atoms with van der Waals surface area (Å²) in [6, 6.07) is 4.62. The monoisotopic (exact) mass is 456 g/mol. The number of aryl methyl sites for hydroxylation is 1. The van der Waals surface area contributed by atoms with E-state index in [9.17, 15) is 19.6 Å². The van der Waals surface area contributed by atoms with Crippen LogP contribution in [-0.2, 0) is 11.2 Å². The first kappa shape index (κ1) is 24.5. The van der Waals surface area contributed by atoms with Gasteiger partial charge in [0.2, 0.25) is 5.91 Å². The second-order valence-electron chi connectivity index (χ2n) is 8.29. The van der Waals surface area contributed by atoms with E-state index in [1.807, 2.05) is 32.0 Å².